The van der Waals surface area contributed by atoms with Crippen LogP contribution >= 0.6 is 0 Å². The number of anilines is 1. The van der Waals surface area contributed by atoms with Crippen molar-refractivity contribution in [2.45, 2.75) is 26.3 Å². The second kappa shape index (κ2) is 3.08. The molecule has 0 atom stereocenters. The topological polar surface area (TPSA) is 78.0 Å². The number of carboxylic acid groups (broad SMARTS) is 1. The van der Waals surface area contributed by atoms with Crippen LogP contribution in [0.25, 0.3) is 0 Å². The fraction of sp³-hybridized carbons (Fsp3) is 0.500. The summed E-state index contributed by atoms with van der Waals surface area (Å²) < 4.78 is 0. The highest BCUT2D eigenvalue weighted by molar-refractivity contribution is 5.92. The van der Waals surface area contributed by atoms with E-state index < -0.39 is 5.97 Å². The van der Waals surface area contributed by atoms with Gasteiger partial charge < -0.3 is 10.4 Å². The predicted octanol–water partition coefficient (Wildman–Crippen LogP) is 1.32. The number of nitrogens with zero attached hydrogens (tertiary/aromatic N) is 1. The van der Waals surface area contributed by atoms with E-state index in [1.807, 2.05) is 20.8 Å². The fourth-order valence-corrected chi connectivity index (χ4v) is 0.919. The van der Waals surface area contributed by atoms with Gasteiger partial charge in [-0.05, 0) is 20.8 Å². The zero-order valence-corrected chi connectivity index (χ0v) is 7.88. The lowest BCUT2D eigenvalue weighted by Gasteiger charge is -2.20. The number of carboxylic acids is 1. The van der Waals surface area contributed by atoms with Crippen LogP contribution in [0.1, 0.15) is 31.1 Å². The highest BCUT2D eigenvalue weighted by Gasteiger charge is 2.17. The Morgan fingerprint density at radius 2 is 2.23 bits per heavy atom. The molecule has 0 aliphatic heterocycles. The van der Waals surface area contributed by atoms with Crippen LogP contribution in [-0.4, -0.2) is 26.8 Å². The lowest BCUT2D eigenvalue weighted by molar-refractivity contribution is 0.0698. The van der Waals surface area contributed by atoms with Crippen LogP contribution < -0.4 is 5.32 Å². The van der Waals surface area contributed by atoms with Crippen LogP contribution in [0.4, 0.5) is 5.82 Å². The molecule has 0 aliphatic carbocycles. The minimum atomic E-state index is -0.986. The number of aromatic carboxylic acids is 1. The van der Waals surface area contributed by atoms with Crippen LogP contribution in [0, 0.1) is 0 Å². The Morgan fingerprint density at radius 1 is 1.62 bits per heavy atom. The maximum atomic E-state index is 10.7. The van der Waals surface area contributed by atoms with Crippen molar-refractivity contribution < 1.29 is 9.90 Å². The number of aromatic nitrogens is 2. The average Bonchev–Trinajstić information content (AvgIpc) is 2.31. The lowest BCUT2D eigenvalue weighted by Crippen LogP contribution is -2.27. The van der Waals surface area contributed by atoms with Crippen molar-refractivity contribution in [2.75, 3.05) is 5.32 Å². The Labute approximate surface area is 76.2 Å². The van der Waals surface area contributed by atoms with Gasteiger partial charge in [0.2, 0.25) is 0 Å². The molecule has 0 aromatic carbocycles. The molecule has 0 saturated carbocycles. The van der Waals surface area contributed by atoms with Crippen molar-refractivity contribution in [1.29, 1.82) is 0 Å². The number of aromatic amines is 1. The molecule has 13 heavy (non-hydrogen) atoms. The van der Waals surface area contributed by atoms with Gasteiger partial charge in [0.25, 0.3) is 0 Å². The Morgan fingerprint density at radius 3 is 2.69 bits per heavy atom. The van der Waals surface area contributed by atoms with Crippen LogP contribution in [0.2, 0.25) is 0 Å². The molecule has 72 valence electrons. The van der Waals surface area contributed by atoms with Crippen LogP contribution in [0.3, 0.4) is 0 Å². The summed E-state index contributed by atoms with van der Waals surface area (Å²) in [6.07, 6.45) is 1.29. The van der Waals surface area contributed by atoms with Gasteiger partial charge in [-0.1, -0.05) is 0 Å². The molecule has 1 aromatic rings. The van der Waals surface area contributed by atoms with E-state index in [-0.39, 0.29) is 11.1 Å². The molecule has 1 heterocycles. The van der Waals surface area contributed by atoms with E-state index in [9.17, 15) is 4.79 Å². The highest BCUT2D eigenvalue weighted by Crippen LogP contribution is 2.16. The first-order chi connectivity index (χ1) is 5.90. The maximum absolute atomic E-state index is 10.7. The van der Waals surface area contributed by atoms with Crippen LogP contribution in [0.5, 0.6) is 0 Å². The molecule has 0 unspecified atom stereocenters. The molecule has 5 nitrogen and oxygen atoms in total. The number of hydrogen-bond donors (Lipinski definition) is 3. The molecule has 3 N–H and O–H groups in total. The number of H-pyrrole nitrogens is 1. The van der Waals surface area contributed by atoms with Crippen molar-refractivity contribution in [3.63, 3.8) is 0 Å². The average molecular weight is 183 g/mol. The standard InChI is InChI=1S/C8H13N3O2/c1-8(2,3)10-6-5(7(12)13)4-9-11-6/h4H,1-3H3,(H,12,13)(H2,9,10,11). The first-order valence-electron chi connectivity index (χ1n) is 3.95. The second-order valence-corrected chi connectivity index (χ2v) is 3.84. The van der Waals surface area contributed by atoms with Gasteiger partial charge in [-0.15, -0.1) is 0 Å². The summed E-state index contributed by atoms with van der Waals surface area (Å²) >= 11 is 0. The number of hydrogen-bond acceptors (Lipinski definition) is 3. The zero-order valence-electron chi connectivity index (χ0n) is 7.88. The first kappa shape index (κ1) is 9.57. The van der Waals surface area contributed by atoms with E-state index in [4.69, 9.17) is 5.11 Å². The van der Waals surface area contributed by atoms with Gasteiger partial charge in [0.05, 0.1) is 6.20 Å². The Balaban J connectivity index is 2.89. The molecule has 0 fully saturated rings. The zero-order chi connectivity index (χ0) is 10.1. The summed E-state index contributed by atoms with van der Waals surface area (Å²) in [7, 11) is 0. The summed E-state index contributed by atoms with van der Waals surface area (Å²) in [4.78, 5) is 10.7. The van der Waals surface area contributed by atoms with Crippen molar-refractivity contribution in [2.24, 2.45) is 0 Å². The fourth-order valence-electron chi connectivity index (χ4n) is 0.919. The van der Waals surface area contributed by atoms with Crippen molar-refractivity contribution in [3.05, 3.63) is 11.8 Å². The first-order valence-corrected chi connectivity index (χ1v) is 3.95. The molecular weight excluding hydrogens is 170 g/mol. The second-order valence-electron chi connectivity index (χ2n) is 3.84. The van der Waals surface area contributed by atoms with Gasteiger partial charge >= 0.3 is 5.97 Å². The predicted molar refractivity (Wildman–Crippen MR) is 48.9 cm³/mol. The normalized spacial score (nSPS) is 11.3. The molecule has 0 aliphatic rings. The monoisotopic (exact) mass is 183 g/mol. The van der Waals surface area contributed by atoms with Crippen molar-refractivity contribution in [3.8, 4) is 0 Å². The molecular formula is C8H13N3O2. The lowest BCUT2D eigenvalue weighted by atomic mass is 10.1. The van der Waals surface area contributed by atoms with Gasteiger partial charge in [0, 0.05) is 5.54 Å². The molecule has 1 rings (SSSR count). The van der Waals surface area contributed by atoms with E-state index in [0.29, 0.717) is 5.82 Å². The third-order valence-electron chi connectivity index (χ3n) is 1.37. The van der Waals surface area contributed by atoms with Gasteiger partial charge in [0.15, 0.2) is 0 Å². The van der Waals surface area contributed by atoms with Gasteiger partial charge in [-0.2, -0.15) is 5.10 Å². The van der Waals surface area contributed by atoms with Gasteiger partial charge in [-0.25, -0.2) is 4.79 Å². The van der Waals surface area contributed by atoms with Crippen LogP contribution in [-0.2, 0) is 0 Å². The summed E-state index contributed by atoms with van der Waals surface area (Å²) in [6, 6.07) is 0. The smallest absolute Gasteiger partial charge is 0.341 e. The summed E-state index contributed by atoms with van der Waals surface area (Å²) in [6.45, 7) is 5.83. The molecule has 0 bridgehead atoms. The van der Waals surface area contributed by atoms with Crippen molar-refractivity contribution >= 4 is 11.8 Å². The van der Waals surface area contributed by atoms with Gasteiger partial charge in [-0.3, -0.25) is 5.10 Å². The Kier molecular flexibility index (Phi) is 2.27. The van der Waals surface area contributed by atoms with E-state index in [2.05, 4.69) is 15.5 Å². The number of nitrogens with one attached hydrogen (secondary N) is 2. The molecule has 1 aromatic heterocycles. The van der Waals surface area contributed by atoms with E-state index >= 15 is 0 Å². The largest absolute Gasteiger partial charge is 0.477 e. The molecule has 0 radical (unpaired) electrons. The van der Waals surface area contributed by atoms with Crippen LogP contribution in [0.15, 0.2) is 6.20 Å². The summed E-state index contributed by atoms with van der Waals surface area (Å²) in [5, 5.41) is 18.0. The third-order valence-corrected chi connectivity index (χ3v) is 1.37. The Hall–Kier alpha value is -1.52. The van der Waals surface area contributed by atoms with E-state index in [1.165, 1.54) is 6.20 Å². The SMILES string of the molecule is CC(C)(C)Nc1[nH]ncc1C(=O)O. The van der Waals surface area contributed by atoms with E-state index in [1.54, 1.807) is 0 Å². The number of carbonyl (C=O) groups is 1. The quantitative estimate of drug-likeness (QED) is 0.646. The minimum absolute atomic E-state index is 0.162. The van der Waals surface area contributed by atoms with Crippen molar-refractivity contribution in [1.82, 2.24) is 10.2 Å². The molecule has 0 amide bonds. The Bertz CT molecular complexity index is 311. The van der Waals surface area contributed by atoms with Gasteiger partial charge in [0.1, 0.15) is 11.4 Å². The summed E-state index contributed by atoms with van der Waals surface area (Å²) in [5.74, 6) is -0.541. The molecule has 0 saturated heterocycles. The number of rotatable bonds is 2. The summed E-state index contributed by atoms with van der Waals surface area (Å²) in [5.41, 5.74) is -0.0218. The highest BCUT2D eigenvalue weighted by atomic mass is 16.4. The molecule has 0 spiro atoms. The molecule has 5 heteroatoms. The minimum Gasteiger partial charge on any atom is -0.477 e. The maximum Gasteiger partial charge on any atom is 0.341 e. The van der Waals surface area contributed by atoms with E-state index in [0.717, 1.165) is 0 Å². The third kappa shape index (κ3) is 2.47.